The molecule has 2 N–H and O–H groups in total. The number of aromatic amines is 1. The van der Waals surface area contributed by atoms with Gasteiger partial charge in [-0.25, -0.2) is 9.78 Å². The highest BCUT2D eigenvalue weighted by Gasteiger charge is 2.33. The van der Waals surface area contributed by atoms with Gasteiger partial charge in [-0.2, -0.15) is 0 Å². The molecule has 1 aromatic heterocycles. The van der Waals surface area contributed by atoms with E-state index in [1.165, 1.54) is 6.92 Å². The van der Waals surface area contributed by atoms with Gasteiger partial charge in [-0.05, 0) is 19.1 Å². The van der Waals surface area contributed by atoms with E-state index in [0.717, 1.165) is 29.2 Å². The summed E-state index contributed by atoms with van der Waals surface area (Å²) in [6.45, 7) is 4.59. The fourth-order valence-electron chi connectivity index (χ4n) is 3.30. The second kappa shape index (κ2) is 6.36. The smallest absolute Gasteiger partial charge is 0.414 e. The number of carbonyl (C=O) groups is 2. The van der Waals surface area contributed by atoms with E-state index in [1.807, 2.05) is 25.1 Å². The summed E-state index contributed by atoms with van der Waals surface area (Å²) >= 11 is 0. The normalized spacial score (nSPS) is 18.5. The Morgan fingerprint density at radius 1 is 1.46 bits per heavy atom. The first-order valence-corrected chi connectivity index (χ1v) is 8.56. The van der Waals surface area contributed by atoms with Crippen molar-refractivity contribution in [1.29, 1.82) is 0 Å². The molecular formula is C18H20N4O4. The molecule has 8 nitrogen and oxygen atoms in total. The van der Waals surface area contributed by atoms with Gasteiger partial charge in [-0.15, -0.1) is 0 Å². The Bertz CT molecular complexity index is 876. The Morgan fingerprint density at radius 3 is 3.12 bits per heavy atom. The van der Waals surface area contributed by atoms with E-state index in [4.69, 9.17) is 9.47 Å². The topological polar surface area (TPSA) is 96.5 Å². The number of aryl methyl sites for hydroxylation is 1. The summed E-state index contributed by atoms with van der Waals surface area (Å²) in [6, 6.07) is 5.63. The molecule has 0 radical (unpaired) electrons. The largest absolute Gasteiger partial charge is 0.492 e. The maximum Gasteiger partial charge on any atom is 0.414 e. The third kappa shape index (κ3) is 2.98. The van der Waals surface area contributed by atoms with Crippen molar-refractivity contribution < 1.29 is 19.1 Å². The molecule has 8 heteroatoms. The maximum absolute atomic E-state index is 12.2. The highest BCUT2D eigenvalue weighted by molar-refractivity contribution is 5.91. The number of hydrogen-bond donors (Lipinski definition) is 2. The molecule has 0 bridgehead atoms. The van der Waals surface area contributed by atoms with Crippen LogP contribution in [-0.4, -0.2) is 47.8 Å². The van der Waals surface area contributed by atoms with Crippen LogP contribution in [0.2, 0.25) is 0 Å². The number of H-pyrrole nitrogens is 1. The van der Waals surface area contributed by atoms with E-state index in [2.05, 4.69) is 15.3 Å². The fraction of sp³-hybridized carbons (Fsp3) is 0.389. The van der Waals surface area contributed by atoms with Crippen LogP contribution in [0.15, 0.2) is 18.2 Å². The van der Waals surface area contributed by atoms with Gasteiger partial charge >= 0.3 is 6.09 Å². The standard InChI is InChI=1S/C18H20N4O4/c1-10-20-15-5-6-25-16-7-12(3-4-14(16)17(15)21-10)22-9-13(26-18(22)24)8-19-11(2)23/h3-4,7,13H,5-6,8-9H2,1-2H3,(H,19,23)(H,20,21). The Morgan fingerprint density at radius 2 is 2.31 bits per heavy atom. The zero-order valence-electron chi connectivity index (χ0n) is 14.7. The highest BCUT2D eigenvalue weighted by atomic mass is 16.6. The van der Waals surface area contributed by atoms with Crippen LogP contribution in [0.25, 0.3) is 11.3 Å². The molecule has 2 aromatic rings. The van der Waals surface area contributed by atoms with Gasteiger partial charge in [0.1, 0.15) is 17.7 Å². The summed E-state index contributed by atoms with van der Waals surface area (Å²) in [4.78, 5) is 32.6. The number of fused-ring (bicyclic) bond motifs is 3. The second-order valence-corrected chi connectivity index (χ2v) is 6.48. The maximum atomic E-state index is 12.2. The lowest BCUT2D eigenvalue weighted by Gasteiger charge is -2.16. The first-order chi connectivity index (χ1) is 12.5. The quantitative estimate of drug-likeness (QED) is 0.874. The van der Waals surface area contributed by atoms with E-state index in [0.29, 0.717) is 31.1 Å². The van der Waals surface area contributed by atoms with Gasteiger partial charge in [0.25, 0.3) is 0 Å². The van der Waals surface area contributed by atoms with Crippen LogP contribution in [-0.2, 0) is 16.0 Å². The van der Waals surface area contributed by atoms with E-state index in [1.54, 1.807) is 4.90 Å². The summed E-state index contributed by atoms with van der Waals surface area (Å²) in [5.74, 6) is 1.42. The minimum Gasteiger partial charge on any atom is -0.492 e. The van der Waals surface area contributed by atoms with Gasteiger partial charge in [0.15, 0.2) is 0 Å². The van der Waals surface area contributed by atoms with Crippen LogP contribution in [0.4, 0.5) is 10.5 Å². The molecule has 1 atom stereocenters. The Balaban J connectivity index is 1.59. The third-order valence-electron chi connectivity index (χ3n) is 4.49. The zero-order chi connectivity index (χ0) is 18.3. The Kier molecular flexibility index (Phi) is 4.02. The van der Waals surface area contributed by atoms with Crippen LogP contribution in [0.3, 0.4) is 0 Å². The SMILES string of the molecule is CC(=O)NCC1CN(c2ccc3c(c2)OCCc2[nH]c(C)nc2-3)C(=O)O1. The molecule has 1 aromatic carbocycles. The minimum atomic E-state index is -0.426. The average molecular weight is 356 g/mol. The summed E-state index contributed by atoms with van der Waals surface area (Å²) < 4.78 is 11.2. The Hall–Kier alpha value is -3.03. The predicted molar refractivity (Wildman–Crippen MR) is 94.3 cm³/mol. The van der Waals surface area contributed by atoms with Gasteiger partial charge in [0, 0.05) is 30.7 Å². The summed E-state index contributed by atoms with van der Waals surface area (Å²) in [5.41, 5.74) is 3.57. The number of cyclic esters (lactones) is 1. The molecule has 0 spiro atoms. The van der Waals surface area contributed by atoms with Crippen molar-refractivity contribution in [2.75, 3.05) is 24.6 Å². The molecular weight excluding hydrogens is 336 g/mol. The molecule has 0 aliphatic carbocycles. The van der Waals surface area contributed by atoms with Crippen LogP contribution < -0.4 is 15.0 Å². The van der Waals surface area contributed by atoms with Gasteiger partial charge < -0.3 is 19.8 Å². The number of carbonyl (C=O) groups excluding carboxylic acids is 2. The van der Waals surface area contributed by atoms with Crippen LogP contribution in [0.1, 0.15) is 18.4 Å². The number of ether oxygens (including phenoxy) is 2. The summed E-state index contributed by atoms with van der Waals surface area (Å²) in [5, 5.41) is 2.67. The molecule has 2 aliphatic rings. The van der Waals surface area contributed by atoms with E-state index in [-0.39, 0.29) is 12.0 Å². The van der Waals surface area contributed by atoms with Crippen molar-refractivity contribution in [2.24, 2.45) is 0 Å². The number of benzene rings is 1. The molecule has 2 amide bonds. The number of nitrogens with zero attached hydrogens (tertiary/aromatic N) is 2. The number of rotatable bonds is 3. The summed E-state index contributed by atoms with van der Waals surface area (Å²) in [6.07, 6.45) is -0.0398. The number of anilines is 1. The number of amides is 2. The van der Waals surface area contributed by atoms with Crippen molar-refractivity contribution in [2.45, 2.75) is 26.4 Å². The molecule has 1 fully saturated rings. The lowest BCUT2D eigenvalue weighted by atomic mass is 10.1. The summed E-state index contributed by atoms with van der Waals surface area (Å²) in [7, 11) is 0. The second-order valence-electron chi connectivity index (χ2n) is 6.48. The molecule has 136 valence electrons. The first kappa shape index (κ1) is 16.4. The minimum absolute atomic E-state index is 0.150. The number of nitrogens with one attached hydrogen (secondary N) is 2. The number of aromatic nitrogens is 2. The fourth-order valence-corrected chi connectivity index (χ4v) is 3.30. The van der Waals surface area contributed by atoms with Crippen molar-refractivity contribution >= 4 is 17.7 Å². The molecule has 1 saturated heterocycles. The lowest BCUT2D eigenvalue weighted by molar-refractivity contribution is -0.119. The van der Waals surface area contributed by atoms with Crippen molar-refractivity contribution in [3.8, 4) is 17.0 Å². The van der Waals surface area contributed by atoms with Crippen molar-refractivity contribution in [3.05, 3.63) is 29.7 Å². The highest BCUT2D eigenvalue weighted by Crippen LogP contribution is 2.37. The van der Waals surface area contributed by atoms with Crippen molar-refractivity contribution in [1.82, 2.24) is 15.3 Å². The first-order valence-electron chi connectivity index (χ1n) is 8.56. The van der Waals surface area contributed by atoms with Crippen LogP contribution in [0, 0.1) is 6.92 Å². The van der Waals surface area contributed by atoms with Gasteiger partial charge in [0.2, 0.25) is 5.91 Å². The van der Waals surface area contributed by atoms with E-state index < -0.39 is 6.09 Å². The molecule has 26 heavy (non-hydrogen) atoms. The van der Waals surface area contributed by atoms with E-state index in [9.17, 15) is 9.59 Å². The monoisotopic (exact) mass is 356 g/mol. The van der Waals surface area contributed by atoms with Crippen LogP contribution >= 0.6 is 0 Å². The molecule has 1 unspecified atom stereocenters. The lowest BCUT2D eigenvalue weighted by Crippen LogP contribution is -2.33. The van der Waals surface area contributed by atoms with Gasteiger partial charge in [0.05, 0.1) is 31.1 Å². The number of imidazole rings is 1. The van der Waals surface area contributed by atoms with Crippen molar-refractivity contribution in [3.63, 3.8) is 0 Å². The van der Waals surface area contributed by atoms with Crippen LogP contribution in [0.5, 0.6) is 5.75 Å². The zero-order valence-corrected chi connectivity index (χ0v) is 14.7. The predicted octanol–water partition coefficient (Wildman–Crippen LogP) is 1.78. The average Bonchev–Trinajstić information content (AvgIpc) is 3.11. The van der Waals surface area contributed by atoms with Gasteiger partial charge in [-0.3, -0.25) is 9.69 Å². The Labute approximate surface area is 150 Å². The number of hydrogen-bond acceptors (Lipinski definition) is 5. The van der Waals surface area contributed by atoms with Gasteiger partial charge in [-0.1, -0.05) is 0 Å². The van der Waals surface area contributed by atoms with E-state index >= 15 is 0 Å². The molecule has 2 aliphatic heterocycles. The molecule has 3 heterocycles. The molecule has 0 saturated carbocycles. The molecule has 4 rings (SSSR count). The third-order valence-corrected chi connectivity index (χ3v) is 4.49.